The summed E-state index contributed by atoms with van der Waals surface area (Å²) in [5, 5.41) is 18.1. The van der Waals surface area contributed by atoms with Crippen molar-refractivity contribution in [1.82, 2.24) is 0 Å². The van der Waals surface area contributed by atoms with Gasteiger partial charge in [0.1, 0.15) is 11.7 Å². The molecule has 0 spiro atoms. The van der Waals surface area contributed by atoms with Gasteiger partial charge in [-0.25, -0.2) is 9.68 Å². The topological polar surface area (TPSA) is 93.1 Å². The summed E-state index contributed by atoms with van der Waals surface area (Å²) in [6.45, 7) is 7.34. The van der Waals surface area contributed by atoms with Crippen molar-refractivity contribution in [3.63, 3.8) is 0 Å². The van der Waals surface area contributed by atoms with Crippen molar-refractivity contribution >= 4 is 11.9 Å². The quantitative estimate of drug-likeness (QED) is 0.265. The van der Waals surface area contributed by atoms with Crippen LogP contribution in [0.25, 0.3) is 0 Å². The summed E-state index contributed by atoms with van der Waals surface area (Å²) in [7, 11) is 0. The van der Waals surface area contributed by atoms with E-state index in [-0.39, 0.29) is 18.3 Å². The van der Waals surface area contributed by atoms with Gasteiger partial charge in [0, 0.05) is 24.3 Å². The minimum Gasteiger partial charge on any atom is -0.481 e. The van der Waals surface area contributed by atoms with Crippen LogP contribution in [0.15, 0.2) is 23.8 Å². The Bertz CT molecular complexity index is 508. The number of fused-ring (bicyclic) bond motifs is 1. The summed E-state index contributed by atoms with van der Waals surface area (Å²) >= 11 is 0. The fraction of sp³-hybridized carbons (Fsp3) is 0.600. The van der Waals surface area contributed by atoms with Gasteiger partial charge in [-0.3, -0.25) is 10.1 Å². The van der Waals surface area contributed by atoms with E-state index in [1.807, 2.05) is 13.0 Å². The van der Waals surface area contributed by atoms with E-state index in [4.69, 9.17) is 9.84 Å². The molecule has 2 rings (SSSR count). The summed E-state index contributed by atoms with van der Waals surface area (Å²) in [6.07, 6.45) is 2.23. The number of carbonyl (C=O) groups is 2. The number of hydrogen-bond acceptors (Lipinski definition) is 5. The van der Waals surface area contributed by atoms with E-state index < -0.39 is 23.6 Å². The van der Waals surface area contributed by atoms with Crippen LogP contribution in [0.4, 0.5) is 0 Å². The number of carboxylic acid groups (broad SMARTS) is 1. The number of esters is 1. The van der Waals surface area contributed by atoms with Gasteiger partial charge in [0.2, 0.25) is 0 Å². The molecule has 0 saturated carbocycles. The normalized spacial score (nSPS) is 33.2. The van der Waals surface area contributed by atoms with E-state index in [0.717, 1.165) is 5.57 Å². The van der Waals surface area contributed by atoms with Crippen LogP contribution in [-0.2, 0) is 19.2 Å². The zero-order valence-corrected chi connectivity index (χ0v) is 12.2. The molecule has 2 aliphatic rings. The van der Waals surface area contributed by atoms with Gasteiger partial charge in [0.25, 0.3) is 0 Å². The summed E-state index contributed by atoms with van der Waals surface area (Å²) in [4.78, 5) is 27.0. The van der Waals surface area contributed by atoms with E-state index in [9.17, 15) is 14.8 Å². The number of aliphatic carboxylic acids is 1. The maximum atomic E-state index is 11.6. The third-order valence-corrected chi connectivity index (χ3v) is 4.41. The van der Waals surface area contributed by atoms with Gasteiger partial charge in [-0.05, 0) is 24.8 Å². The van der Waals surface area contributed by atoms with Crippen LogP contribution in [0, 0.1) is 11.8 Å². The highest BCUT2D eigenvalue weighted by molar-refractivity contribution is 5.91. The molecular weight excluding hydrogens is 276 g/mol. The molecule has 6 nitrogen and oxygen atoms in total. The maximum absolute atomic E-state index is 11.6. The van der Waals surface area contributed by atoms with Gasteiger partial charge in [-0.15, -0.1) is 0 Å². The molecule has 1 saturated heterocycles. The Balaban J connectivity index is 2.28. The lowest BCUT2D eigenvalue weighted by Gasteiger charge is -2.39. The summed E-state index contributed by atoms with van der Waals surface area (Å²) in [5.74, 6) is -1.63. The summed E-state index contributed by atoms with van der Waals surface area (Å²) in [6, 6.07) is 0. The molecule has 6 heteroatoms. The minimum atomic E-state index is -0.982. The van der Waals surface area contributed by atoms with Gasteiger partial charge in [0.15, 0.2) is 0 Å². The number of carbonyl (C=O) groups excluding carboxylic acids is 1. The van der Waals surface area contributed by atoms with Gasteiger partial charge in [-0.2, -0.15) is 0 Å². The van der Waals surface area contributed by atoms with Crippen LogP contribution in [0.3, 0.4) is 0 Å². The molecule has 0 aromatic carbocycles. The van der Waals surface area contributed by atoms with Crippen molar-refractivity contribution < 1.29 is 29.6 Å². The number of hydrogen-bond donors (Lipinski definition) is 2. The number of rotatable bonds is 5. The van der Waals surface area contributed by atoms with Crippen LogP contribution in [0.2, 0.25) is 0 Å². The SMILES string of the molecule is C=C1C(=O)O[C@@H]2C[C@@](C)(OO)C([C@@H](C)CCC(=O)O)=C[C@H]12. The van der Waals surface area contributed by atoms with Crippen LogP contribution < -0.4 is 0 Å². The fourth-order valence-electron chi connectivity index (χ4n) is 3.17. The maximum Gasteiger partial charge on any atom is 0.334 e. The Morgan fingerprint density at radius 2 is 2.33 bits per heavy atom. The van der Waals surface area contributed by atoms with E-state index in [0.29, 0.717) is 18.4 Å². The predicted molar refractivity (Wildman–Crippen MR) is 73.4 cm³/mol. The smallest absolute Gasteiger partial charge is 0.334 e. The van der Waals surface area contributed by atoms with Crippen molar-refractivity contribution in [1.29, 1.82) is 0 Å². The molecule has 0 unspecified atom stereocenters. The van der Waals surface area contributed by atoms with Crippen LogP contribution >= 0.6 is 0 Å². The molecule has 1 heterocycles. The van der Waals surface area contributed by atoms with Crippen LogP contribution in [0.5, 0.6) is 0 Å². The van der Waals surface area contributed by atoms with Crippen molar-refractivity contribution in [2.45, 2.75) is 44.8 Å². The molecule has 0 aromatic heterocycles. The standard InChI is InChI=1S/C15H20O6/c1-8(4-5-13(16)17)11-6-10-9(2)14(18)20-12(10)7-15(11,3)21-19/h6,8,10,12,19H,2,4-5,7H2,1,3H3,(H,16,17)/t8-,10+,12+,15+/m0/s1. The van der Waals surface area contributed by atoms with Crippen LogP contribution in [-0.4, -0.2) is 34.0 Å². The molecule has 1 aliphatic heterocycles. The average molecular weight is 296 g/mol. The van der Waals surface area contributed by atoms with E-state index in [2.05, 4.69) is 11.5 Å². The average Bonchev–Trinajstić information content (AvgIpc) is 2.69. The summed E-state index contributed by atoms with van der Waals surface area (Å²) < 4.78 is 5.23. The Morgan fingerprint density at radius 3 is 2.90 bits per heavy atom. The Labute approximate surface area is 123 Å². The van der Waals surface area contributed by atoms with Gasteiger partial charge < -0.3 is 9.84 Å². The van der Waals surface area contributed by atoms with Gasteiger partial charge in [0.05, 0.1) is 0 Å². The second kappa shape index (κ2) is 5.61. The minimum absolute atomic E-state index is 0.0322. The fourth-order valence-corrected chi connectivity index (χ4v) is 3.17. The Hall–Kier alpha value is -1.66. The lowest BCUT2D eigenvalue weighted by Crippen LogP contribution is -2.42. The number of carboxylic acids is 1. The molecule has 0 bridgehead atoms. The third kappa shape index (κ3) is 2.87. The molecule has 2 N–H and O–H groups in total. The molecule has 0 radical (unpaired) electrons. The highest BCUT2D eigenvalue weighted by atomic mass is 17.1. The highest BCUT2D eigenvalue weighted by Gasteiger charge is 2.49. The first kappa shape index (κ1) is 15.7. The largest absolute Gasteiger partial charge is 0.481 e. The first-order chi connectivity index (χ1) is 9.78. The van der Waals surface area contributed by atoms with Crippen molar-refractivity contribution in [3.05, 3.63) is 23.8 Å². The second-order valence-corrected chi connectivity index (χ2v) is 5.98. The molecule has 116 valence electrons. The molecule has 0 aromatic rings. The summed E-state index contributed by atoms with van der Waals surface area (Å²) in [5.41, 5.74) is 0.194. The first-order valence-electron chi connectivity index (χ1n) is 6.95. The molecule has 1 fully saturated rings. The molecular formula is C15H20O6. The second-order valence-electron chi connectivity index (χ2n) is 5.98. The van der Waals surface area contributed by atoms with Crippen molar-refractivity contribution in [2.75, 3.05) is 0 Å². The van der Waals surface area contributed by atoms with E-state index >= 15 is 0 Å². The zero-order chi connectivity index (χ0) is 15.8. The predicted octanol–water partition coefficient (Wildman–Crippen LogP) is 2.16. The van der Waals surface area contributed by atoms with Crippen molar-refractivity contribution in [3.8, 4) is 0 Å². The Kier molecular flexibility index (Phi) is 4.20. The van der Waals surface area contributed by atoms with E-state index in [1.165, 1.54) is 0 Å². The highest BCUT2D eigenvalue weighted by Crippen LogP contribution is 2.45. The Morgan fingerprint density at radius 1 is 1.67 bits per heavy atom. The van der Waals surface area contributed by atoms with Crippen LogP contribution in [0.1, 0.15) is 33.1 Å². The molecule has 4 atom stereocenters. The van der Waals surface area contributed by atoms with Crippen molar-refractivity contribution in [2.24, 2.45) is 11.8 Å². The zero-order valence-electron chi connectivity index (χ0n) is 12.2. The molecule has 21 heavy (non-hydrogen) atoms. The monoisotopic (exact) mass is 296 g/mol. The molecule has 1 aliphatic carbocycles. The lowest BCUT2D eigenvalue weighted by atomic mass is 9.72. The van der Waals surface area contributed by atoms with Gasteiger partial charge >= 0.3 is 11.9 Å². The third-order valence-electron chi connectivity index (χ3n) is 4.41. The number of ether oxygens (including phenoxy) is 1. The van der Waals surface area contributed by atoms with Gasteiger partial charge in [-0.1, -0.05) is 19.6 Å². The molecule has 0 amide bonds. The first-order valence-corrected chi connectivity index (χ1v) is 6.95. The van der Waals surface area contributed by atoms with E-state index in [1.54, 1.807) is 6.92 Å². The lowest BCUT2D eigenvalue weighted by molar-refractivity contribution is -0.314.